The maximum Gasteiger partial charge on any atom is 0.0102 e. The molecule has 0 saturated carbocycles. The van der Waals surface area contributed by atoms with Crippen LogP contribution < -0.4 is 0 Å². The molecule has 3 rings (SSSR count). The molecule has 2 aliphatic rings. The molecule has 1 aliphatic heterocycles. The third kappa shape index (κ3) is 2.86. The third-order valence-corrected chi connectivity index (χ3v) is 5.05. The smallest absolute Gasteiger partial charge is 0.0102 e. The Labute approximate surface area is 118 Å². The summed E-state index contributed by atoms with van der Waals surface area (Å²) < 4.78 is 0. The van der Waals surface area contributed by atoms with Gasteiger partial charge in [-0.1, -0.05) is 32.0 Å². The number of fused-ring (bicyclic) bond motifs is 1. The van der Waals surface area contributed by atoms with Crippen LogP contribution in [0.15, 0.2) is 18.2 Å². The van der Waals surface area contributed by atoms with E-state index in [0.717, 1.165) is 6.04 Å². The molecule has 0 amide bonds. The van der Waals surface area contributed by atoms with E-state index in [9.17, 15) is 0 Å². The summed E-state index contributed by atoms with van der Waals surface area (Å²) in [7, 11) is 0. The number of hydrogen-bond acceptors (Lipinski definition) is 1. The second kappa shape index (κ2) is 5.66. The molecular formula is C18H27N. The predicted molar refractivity (Wildman–Crippen MR) is 81.8 cm³/mol. The number of hydrogen-bond donors (Lipinski definition) is 0. The first-order valence-electron chi connectivity index (χ1n) is 8.10. The normalized spacial score (nSPS) is 24.5. The molecule has 1 saturated heterocycles. The van der Waals surface area contributed by atoms with Gasteiger partial charge in [0.15, 0.2) is 0 Å². The first-order chi connectivity index (χ1) is 9.24. The van der Waals surface area contributed by atoms with Gasteiger partial charge in [-0.3, -0.25) is 0 Å². The minimum Gasteiger partial charge on any atom is -0.300 e. The Morgan fingerprint density at radius 2 is 1.68 bits per heavy atom. The summed E-state index contributed by atoms with van der Waals surface area (Å²) in [4.78, 5) is 2.75. The number of aryl methyl sites for hydroxylation is 2. The minimum absolute atomic E-state index is 0.655. The van der Waals surface area contributed by atoms with Gasteiger partial charge in [0.1, 0.15) is 0 Å². The Kier molecular flexibility index (Phi) is 3.93. The fraction of sp³-hybridized carbons (Fsp3) is 0.667. The Morgan fingerprint density at radius 1 is 1.00 bits per heavy atom. The van der Waals surface area contributed by atoms with Gasteiger partial charge in [-0.15, -0.1) is 0 Å². The van der Waals surface area contributed by atoms with Crippen LogP contribution in [0.4, 0.5) is 0 Å². The SMILES string of the molecule is CC(C)c1ccc2c(c1)CCC(N1CCCC1)CC2. The van der Waals surface area contributed by atoms with Gasteiger partial charge in [0.2, 0.25) is 0 Å². The van der Waals surface area contributed by atoms with Crippen LogP contribution in [0.1, 0.15) is 62.1 Å². The Balaban J connectivity index is 1.74. The molecule has 0 bridgehead atoms. The van der Waals surface area contributed by atoms with Crippen molar-refractivity contribution in [2.75, 3.05) is 13.1 Å². The van der Waals surface area contributed by atoms with E-state index in [1.165, 1.54) is 57.2 Å². The van der Waals surface area contributed by atoms with Crippen molar-refractivity contribution in [1.82, 2.24) is 4.90 Å². The zero-order chi connectivity index (χ0) is 13.2. The fourth-order valence-corrected chi connectivity index (χ4v) is 3.74. The molecule has 1 heterocycles. The lowest BCUT2D eigenvalue weighted by atomic mass is 9.95. The van der Waals surface area contributed by atoms with Crippen molar-refractivity contribution in [2.45, 2.75) is 64.3 Å². The molecule has 1 heteroatoms. The quantitative estimate of drug-likeness (QED) is 0.719. The van der Waals surface area contributed by atoms with Crippen LogP contribution in [0, 0.1) is 0 Å². The van der Waals surface area contributed by atoms with Gasteiger partial charge in [-0.25, -0.2) is 0 Å². The molecule has 1 aromatic carbocycles. The van der Waals surface area contributed by atoms with E-state index in [1.807, 2.05) is 0 Å². The third-order valence-electron chi connectivity index (χ3n) is 5.05. The van der Waals surface area contributed by atoms with Crippen LogP contribution in [0.2, 0.25) is 0 Å². The van der Waals surface area contributed by atoms with Gasteiger partial charge in [0.05, 0.1) is 0 Å². The van der Waals surface area contributed by atoms with Crippen molar-refractivity contribution < 1.29 is 0 Å². The van der Waals surface area contributed by atoms with Crippen LogP contribution >= 0.6 is 0 Å². The molecule has 0 N–H and O–H groups in total. The summed E-state index contributed by atoms with van der Waals surface area (Å²) >= 11 is 0. The van der Waals surface area contributed by atoms with E-state index < -0.39 is 0 Å². The van der Waals surface area contributed by atoms with E-state index in [4.69, 9.17) is 0 Å². The largest absolute Gasteiger partial charge is 0.300 e. The van der Waals surface area contributed by atoms with Gasteiger partial charge >= 0.3 is 0 Å². The highest BCUT2D eigenvalue weighted by molar-refractivity contribution is 5.34. The predicted octanol–water partition coefficient (Wildman–Crippen LogP) is 4.15. The molecule has 1 nitrogen and oxygen atoms in total. The highest BCUT2D eigenvalue weighted by Gasteiger charge is 2.24. The van der Waals surface area contributed by atoms with Crippen LogP contribution in [0.25, 0.3) is 0 Å². The first-order valence-corrected chi connectivity index (χ1v) is 8.10. The molecule has 1 atom stereocenters. The van der Waals surface area contributed by atoms with Crippen molar-refractivity contribution in [3.63, 3.8) is 0 Å². The van der Waals surface area contributed by atoms with Crippen LogP contribution in [0.3, 0.4) is 0 Å². The molecule has 1 aliphatic carbocycles. The van der Waals surface area contributed by atoms with Crippen LogP contribution in [-0.4, -0.2) is 24.0 Å². The van der Waals surface area contributed by atoms with Crippen LogP contribution in [-0.2, 0) is 12.8 Å². The van der Waals surface area contributed by atoms with E-state index in [0.29, 0.717) is 5.92 Å². The Hall–Kier alpha value is -0.820. The topological polar surface area (TPSA) is 3.24 Å². The summed E-state index contributed by atoms with van der Waals surface area (Å²) in [5, 5.41) is 0. The zero-order valence-electron chi connectivity index (χ0n) is 12.5. The average Bonchev–Trinajstić information content (AvgIpc) is 2.85. The van der Waals surface area contributed by atoms with Gasteiger partial charge in [0.25, 0.3) is 0 Å². The van der Waals surface area contributed by atoms with Crippen molar-refractivity contribution in [2.24, 2.45) is 0 Å². The number of nitrogens with zero attached hydrogens (tertiary/aromatic N) is 1. The van der Waals surface area contributed by atoms with E-state index in [1.54, 1.807) is 11.1 Å². The molecule has 0 spiro atoms. The average molecular weight is 257 g/mol. The molecular weight excluding hydrogens is 230 g/mol. The molecule has 0 aromatic heterocycles. The summed E-state index contributed by atoms with van der Waals surface area (Å²) in [6.07, 6.45) is 8.15. The molecule has 0 radical (unpaired) electrons. The first kappa shape index (κ1) is 13.2. The summed E-state index contributed by atoms with van der Waals surface area (Å²) in [5.74, 6) is 0.655. The maximum atomic E-state index is 2.75. The summed E-state index contributed by atoms with van der Waals surface area (Å²) in [6, 6.07) is 8.07. The van der Waals surface area contributed by atoms with Gasteiger partial charge in [-0.2, -0.15) is 0 Å². The highest BCUT2D eigenvalue weighted by atomic mass is 15.2. The van der Waals surface area contributed by atoms with E-state index >= 15 is 0 Å². The lowest BCUT2D eigenvalue weighted by Gasteiger charge is -2.26. The maximum absolute atomic E-state index is 2.75. The fourth-order valence-electron chi connectivity index (χ4n) is 3.74. The summed E-state index contributed by atoms with van der Waals surface area (Å²) in [6.45, 7) is 7.29. The molecule has 19 heavy (non-hydrogen) atoms. The van der Waals surface area contributed by atoms with Crippen molar-refractivity contribution in [1.29, 1.82) is 0 Å². The van der Waals surface area contributed by atoms with E-state index in [-0.39, 0.29) is 0 Å². The van der Waals surface area contributed by atoms with Gasteiger partial charge in [0, 0.05) is 6.04 Å². The highest BCUT2D eigenvalue weighted by Crippen LogP contribution is 2.28. The van der Waals surface area contributed by atoms with E-state index in [2.05, 4.69) is 36.9 Å². The molecule has 1 aromatic rings. The van der Waals surface area contributed by atoms with Crippen molar-refractivity contribution in [3.05, 3.63) is 34.9 Å². The summed E-state index contributed by atoms with van der Waals surface area (Å²) in [5.41, 5.74) is 4.76. The standard InChI is InChI=1S/C18H27N/c1-14(2)16-6-5-15-7-9-18(10-8-17(15)13-16)19-11-3-4-12-19/h5-6,13-14,18H,3-4,7-12H2,1-2H3. The van der Waals surface area contributed by atoms with Crippen molar-refractivity contribution >= 4 is 0 Å². The second-order valence-electron chi connectivity index (χ2n) is 6.66. The number of rotatable bonds is 2. The Bertz CT molecular complexity index is 429. The number of likely N-dealkylation sites (tertiary alicyclic amines) is 1. The van der Waals surface area contributed by atoms with Gasteiger partial charge in [-0.05, 0) is 74.2 Å². The lowest BCUT2D eigenvalue weighted by Crippen LogP contribution is -2.32. The van der Waals surface area contributed by atoms with Crippen molar-refractivity contribution in [3.8, 4) is 0 Å². The van der Waals surface area contributed by atoms with Gasteiger partial charge < -0.3 is 4.90 Å². The second-order valence-corrected chi connectivity index (χ2v) is 6.66. The monoisotopic (exact) mass is 257 g/mol. The Morgan fingerprint density at radius 3 is 2.37 bits per heavy atom. The van der Waals surface area contributed by atoms with Crippen LogP contribution in [0.5, 0.6) is 0 Å². The molecule has 1 unspecified atom stereocenters. The molecule has 104 valence electrons. The number of benzene rings is 1. The minimum atomic E-state index is 0.655. The molecule has 1 fully saturated rings. The lowest BCUT2D eigenvalue weighted by molar-refractivity contribution is 0.222. The zero-order valence-corrected chi connectivity index (χ0v) is 12.5.